The predicted molar refractivity (Wildman–Crippen MR) is 47.5 cm³/mol. The maximum atomic E-state index is 3.56. The molecule has 1 fully saturated rings. The quantitative estimate of drug-likeness (QED) is 0.555. The molecule has 0 aromatic rings. The average molecular weight is 149 g/mol. The second kappa shape index (κ2) is 2.21. The lowest BCUT2D eigenvalue weighted by Gasteiger charge is -2.29. The molecule has 0 saturated carbocycles. The molecular weight excluding hydrogens is 134 g/mol. The number of fused-ring (bicyclic) bond motifs is 1. The molecule has 0 aromatic heterocycles. The molecule has 11 heavy (non-hydrogen) atoms. The van der Waals surface area contributed by atoms with Gasteiger partial charge in [-0.15, -0.1) is 0 Å². The van der Waals surface area contributed by atoms with E-state index in [4.69, 9.17) is 0 Å². The van der Waals surface area contributed by atoms with Gasteiger partial charge in [-0.2, -0.15) is 0 Å². The maximum absolute atomic E-state index is 3.56. The molecule has 1 atom stereocenters. The van der Waals surface area contributed by atoms with Crippen molar-refractivity contribution in [3.05, 3.63) is 23.3 Å². The molecule has 60 valence electrons. The van der Waals surface area contributed by atoms with Crippen LogP contribution in [0.15, 0.2) is 23.3 Å². The fourth-order valence-corrected chi connectivity index (χ4v) is 2.25. The van der Waals surface area contributed by atoms with Crippen molar-refractivity contribution in [1.29, 1.82) is 0 Å². The lowest BCUT2D eigenvalue weighted by Crippen LogP contribution is -2.38. The monoisotopic (exact) mass is 149 g/mol. The van der Waals surface area contributed by atoms with Crippen LogP contribution in [-0.2, 0) is 0 Å². The molecule has 0 aromatic carbocycles. The number of rotatable bonds is 0. The molecule has 2 aliphatic rings. The molecule has 1 nitrogen and oxygen atoms in total. The Hall–Kier alpha value is -0.560. The summed E-state index contributed by atoms with van der Waals surface area (Å²) in [6.45, 7) is 5.68. The highest BCUT2D eigenvalue weighted by Gasteiger charge is 2.34. The van der Waals surface area contributed by atoms with Crippen molar-refractivity contribution in [3.8, 4) is 0 Å². The molecule has 0 amide bonds. The minimum absolute atomic E-state index is 0.304. The topological polar surface area (TPSA) is 12.0 Å². The van der Waals surface area contributed by atoms with Crippen molar-refractivity contribution in [2.24, 2.45) is 0 Å². The van der Waals surface area contributed by atoms with Crippen molar-refractivity contribution in [2.45, 2.75) is 32.2 Å². The SMILES string of the molecule is CC1=C2CCNC2(C)CC=C1. The smallest absolute Gasteiger partial charge is 0.0406 e. The van der Waals surface area contributed by atoms with E-state index in [-0.39, 0.29) is 0 Å². The van der Waals surface area contributed by atoms with Crippen LogP contribution in [0.3, 0.4) is 0 Å². The summed E-state index contributed by atoms with van der Waals surface area (Å²) >= 11 is 0. The lowest BCUT2D eigenvalue weighted by atomic mass is 9.83. The minimum atomic E-state index is 0.304. The van der Waals surface area contributed by atoms with Crippen LogP contribution in [0.25, 0.3) is 0 Å². The van der Waals surface area contributed by atoms with E-state index in [0.717, 1.165) is 6.54 Å². The van der Waals surface area contributed by atoms with Gasteiger partial charge in [0.15, 0.2) is 0 Å². The summed E-state index contributed by atoms with van der Waals surface area (Å²) in [4.78, 5) is 0. The summed E-state index contributed by atoms with van der Waals surface area (Å²) in [5.41, 5.74) is 3.41. The van der Waals surface area contributed by atoms with Gasteiger partial charge in [-0.25, -0.2) is 0 Å². The Balaban J connectivity index is 2.43. The van der Waals surface area contributed by atoms with Gasteiger partial charge in [0.1, 0.15) is 0 Å². The second-order valence-electron chi connectivity index (χ2n) is 3.78. The highest BCUT2D eigenvalue weighted by molar-refractivity contribution is 5.38. The van der Waals surface area contributed by atoms with E-state index in [0.29, 0.717) is 5.54 Å². The lowest BCUT2D eigenvalue weighted by molar-refractivity contribution is 0.478. The summed E-state index contributed by atoms with van der Waals surface area (Å²) in [6.07, 6.45) is 6.94. The van der Waals surface area contributed by atoms with Crippen LogP contribution in [-0.4, -0.2) is 12.1 Å². The van der Waals surface area contributed by atoms with Gasteiger partial charge in [-0.3, -0.25) is 0 Å². The third-order valence-electron chi connectivity index (χ3n) is 2.93. The molecule has 0 spiro atoms. The largest absolute Gasteiger partial charge is 0.307 e. The molecule has 1 aliphatic heterocycles. The normalized spacial score (nSPS) is 36.2. The standard InChI is InChI=1S/C10H15N/c1-8-4-3-6-10(2)9(8)5-7-11-10/h3-4,11H,5-7H2,1-2H3. The van der Waals surface area contributed by atoms with Crippen molar-refractivity contribution >= 4 is 0 Å². The Morgan fingerprint density at radius 1 is 1.55 bits per heavy atom. The van der Waals surface area contributed by atoms with Crippen LogP contribution in [0, 0.1) is 0 Å². The molecule has 1 N–H and O–H groups in total. The summed E-state index contributed by atoms with van der Waals surface area (Å²) < 4.78 is 0. The highest BCUT2D eigenvalue weighted by atomic mass is 15.0. The second-order valence-corrected chi connectivity index (χ2v) is 3.78. The van der Waals surface area contributed by atoms with Crippen LogP contribution in [0.2, 0.25) is 0 Å². The van der Waals surface area contributed by atoms with E-state index in [1.165, 1.54) is 18.4 Å². The molecule has 1 unspecified atom stereocenters. The van der Waals surface area contributed by atoms with Gasteiger partial charge < -0.3 is 5.32 Å². The van der Waals surface area contributed by atoms with E-state index in [9.17, 15) is 0 Å². The van der Waals surface area contributed by atoms with Gasteiger partial charge in [-0.05, 0) is 38.8 Å². The zero-order chi connectivity index (χ0) is 7.90. The van der Waals surface area contributed by atoms with E-state index >= 15 is 0 Å². The molecule has 2 rings (SSSR count). The molecule has 1 aliphatic carbocycles. The fraction of sp³-hybridized carbons (Fsp3) is 0.600. The van der Waals surface area contributed by atoms with E-state index in [1.54, 1.807) is 5.57 Å². The van der Waals surface area contributed by atoms with E-state index in [1.807, 2.05) is 0 Å². The predicted octanol–water partition coefficient (Wildman–Crippen LogP) is 2.01. The first kappa shape index (κ1) is 7.11. The van der Waals surface area contributed by atoms with Crippen LogP contribution in [0.4, 0.5) is 0 Å². The van der Waals surface area contributed by atoms with E-state index in [2.05, 4.69) is 31.3 Å². The highest BCUT2D eigenvalue weighted by Crippen LogP contribution is 2.34. The average Bonchev–Trinajstić information content (AvgIpc) is 2.31. The fourth-order valence-electron chi connectivity index (χ4n) is 2.25. The number of hydrogen-bond donors (Lipinski definition) is 1. The third-order valence-corrected chi connectivity index (χ3v) is 2.93. The maximum Gasteiger partial charge on any atom is 0.0406 e. The third kappa shape index (κ3) is 0.951. The van der Waals surface area contributed by atoms with Gasteiger partial charge in [0.25, 0.3) is 0 Å². The molecule has 0 bridgehead atoms. The molecular formula is C10H15N. The number of hydrogen-bond acceptors (Lipinski definition) is 1. The summed E-state index contributed by atoms with van der Waals surface area (Å²) in [7, 11) is 0. The Labute approximate surface area is 68.2 Å². The Kier molecular flexibility index (Phi) is 1.43. The van der Waals surface area contributed by atoms with Gasteiger partial charge in [0.05, 0.1) is 0 Å². The summed E-state index contributed by atoms with van der Waals surface area (Å²) in [6, 6.07) is 0. The van der Waals surface area contributed by atoms with Gasteiger partial charge >= 0.3 is 0 Å². The molecule has 1 heteroatoms. The first-order valence-electron chi connectivity index (χ1n) is 4.34. The Morgan fingerprint density at radius 3 is 3.09 bits per heavy atom. The van der Waals surface area contributed by atoms with Crippen LogP contribution in [0.1, 0.15) is 26.7 Å². The molecule has 0 radical (unpaired) electrons. The number of nitrogens with one attached hydrogen (secondary N) is 1. The van der Waals surface area contributed by atoms with Crippen molar-refractivity contribution in [2.75, 3.05) is 6.54 Å². The van der Waals surface area contributed by atoms with Crippen molar-refractivity contribution < 1.29 is 0 Å². The van der Waals surface area contributed by atoms with Crippen molar-refractivity contribution in [1.82, 2.24) is 5.32 Å². The van der Waals surface area contributed by atoms with Gasteiger partial charge in [0, 0.05) is 5.54 Å². The molecule has 1 saturated heterocycles. The number of allylic oxidation sites excluding steroid dienone is 2. The first-order valence-corrected chi connectivity index (χ1v) is 4.34. The Morgan fingerprint density at radius 2 is 2.36 bits per heavy atom. The summed E-state index contributed by atoms with van der Waals surface area (Å²) in [5.74, 6) is 0. The zero-order valence-electron chi connectivity index (χ0n) is 7.28. The van der Waals surface area contributed by atoms with Crippen LogP contribution in [0.5, 0.6) is 0 Å². The van der Waals surface area contributed by atoms with Gasteiger partial charge in [0.2, 0.25) is 0 Å². The van der Waals surface area contributed by atoms with E-state index < -0.39 is 0 Å². The van der Waals surface area contributed by atoms with Crippen molar-refractivity contribution in [3.63, 3.8) is 0 Å². The van der Waals surface area contributed by atoms with Gasteiger partial charge in [-0.1, -0.05) is 17.7 Å². The Bertz CT molecular complexity index is 237. The minimum Gasteiger partial charge on any atom is -0.307 e. The summed E-state index contributed by atoms with van der Waals surface area (Å²) in [5, 5.41) is 3.56. The zero-order valence-corrected chi connectivity index (χ0v) is 7.28. The first-order chi connectivity index (χ1) is 5.22. The molecule has 1 heterocycles. The van der Waals surface area contributed by atoms with Crippen LogP contribution >= 0.6 is 0 Å². The van der Waals surface area contributed by atoms with Crippen LogP contribution < -0.4 is 5.32 Å².